The van der Waals surface area contributed by atoms with Gasteiger partial charge in [0.2, 0.25) is 0 Å². The lowest BCUT2D eigenvalue weighted by molar-refractivity contribution is 0.255. The summed E-state index contributed by atoms with van der Waals surface area (Å²) in [5.74, 6) is 0.912. The van der Waals surface area contributed by atoms with Gasteiger partial charge in [-0.1, -0.05) is 87.1 Å². The number of carbonyl (C=O) groups excluding carboxylic acids is 2. The molecular weight excluding hydrogens is 685 g/mol. The number of hydrogen-bond donors (Lipinski definition) is 4. The van der Waals surface area contributed by atoms with E-state index in [9.17, 15) is 26.4 Å². The predicted octanol–water partition coefficient (Wildman–Crippen LogP) is 8.39. The van der Waals surface area contributed by atoms with Gasteiger partial charge in [-0.15, -0.1) is 0 Å². The van der Waals surface area contributed by atoms with Crippen LogP contribution < -0.4 is 20.1 Å². The molecule has 6 rings (SSSR count). The molecule has 4 aromatic rings. The maximum atomic E-state index is 12.8. The highest BCUT2D eigenvalue weighted by Gasteiger charge is 2.22. The first-order valence-corrected chi connectivity index (χ1v) is 20.6. The van der Waals surface area contributed by atoms with Crippen LogP contribution in [0.2, 0.25) is 0 Å². The SMILES string of the molecule is O=C(Nc1ccc(Cc2ccc(NC(=O)NS(=O)(=O)c3ccc(C4CCCCC4)cc3)cc2)cc1)NS(=O)(=O)c1ccc(C2CCCCC2)cc1. The molecule has 0 aliphatic heterocycles. The van der Waals surface area contributed by atoms with Gasteiger partial charge >= 0.3 is 12.1 Å². The van der Waals surface area contributed by atoms with Gasteiger partial charge in [0.05, 0.1) is 9.79 Å². The molecule has 10 nitrogen and oxygen atoms in total. The number of anilines is 2. The zero-order valence-electron chi connectivity index (χ0n) is 28.4. The van der Waals surface area contributed by atoms with Gasteiger partial charge in [-0.05, 0) is 115 Å². The monoisotopic (exact) mass is 728 g/mol. The second-order valence-corrected chi connectivity index (χ2v) is 16.9. The second kappa shape index (κ2) is 16.1. The molecule has 2 aliphatic carbocycles. The van der Waals surface area contributed by atoms with Crippen molar-refractivity contribution in [1.82, 2.24) is 9.44 Å². The average Bonchev–Trinajstić information content (AvgIpc) is 3.13. The molecule has 2 fully saturated rings. The Kier molecular flexibility index (Phi) is 11.4. The molecular formula is C39H44N4O6S2. The molecule has 0 aromatic heterocycles. The summed E-state index contributed by atoms with van der Waals surface area (Å²) >= 11 is 0. The van der Waals surface area contributed by atoms with E-state index in [-0.39, 0.29) is 9.79 Å². The maximum absolute atomic E-state index is 12.8. The van der Waals surface area contributed by atoms with Crippen LogP contribution in [0.4, 0.5) is 21.0 Å². The number of benzene rings is 4. The van der Waals surface area contributed by atoms with E-state index >= 15 is 0 Å². The zero-order valence-corrected chi connectivity index (χ0v) is 30.1. The van der Waals surface area contributed by atoms with E-state index in [0.717, 1.165) is 47.9 Å². The maximum Gasteiger partial charge on any atom is 0.333 e. The highest BCUT2D eigenvalue weighted by Crippen LogP contribution is 2.34. The molecule has 51 heavy (non-hydrogen) atoms. The highest BCUT2D eigenvalue weighted by atomic mass is 32.2. The van der Waals surface area contributed by atoms with Crippen LogP contribution in [0.15, 0.2) is 107 Å². The summed E-state index contributed by atoms with van der Waals surface area (Å²) < 4.78 is 55.4. The quantitative estimate of drug-likeness (QED) is 0.129. The smallest absolute Gasteiger partial charge is 0.307 e. The van der Waals surface area contributed by atoms with Crippen LogP contribution in [0.3, 0.4) is 0 Å². The molecule has 4 amide bonds. The van der Waals surface area contributed by atoms with E-state index in [4.69, 9.17) is 0 Å². The molecule has 0 atom stereocenters. The number of sulfonamides is 2. The topological polar surface area (TPSA) is 151 Å². The van der Waals surface area contributed by atoms with Crippen molar-refractivity contribution >= 4 is 43.5 Å². The van der Waals surface area contributed by atoms with E-state index in [1.807, 2.05) is 48.5 Å². The minimum atomic E-state index is -4.04. The Morgan fingerprint density at radius 1 is 0.471 bits per heavy atom. The molecule has 0 saturated heterocycles. The van der Waals surface area contributed by atoms with Gasteiger partial charge in [-0.2, -0.15) is 0 Å². The lowest BCUT2D eigenvalue weighted by Crippen LogP contribution is -2.34. The van der Waals surface area contributed by atoms with Crippen molar-refractivity contribution in [2.75, 3.05) is 10.6 Å². The van der Waals surface area contributed by atoms with Crippen LogP contribution in [0.1, 0.15) is 98.3 Å². The summed E-state index contributed by atoms with van der Waals surface area (Å²) in [4.78, 5) is 25.2. The van der Waals surface area contributed by atoms with Crippen molar-refractivity contribution in [3.8, 4) is 0 Å². The predicted molar refractivity (Wildman–Crippen MR) is 199 cm³/mol. The highest BCUT2D eigenvalue weighted by molar-refractivity contribution is 7.90. The summed E-state index contributed by atoms with van der Waals surface area (Å²) in [6.45, 7) is 0. The summed E-state index contributed by atoms with van der Waals surface area (Å²) in [6, 6.07) is 25.9. The largest absolute Gasteiger partial charge is 0.333 e. The minimum absolute atomic E-state index is 0.0366. The Morgan fingerprint density at radius 3 is 1.14 bits per heavy atom. The van der Waals surface area contributed by atoms with E-state index in [0.29, 0.717) is 29.6 Å². The van der Waals surface area contributed by atoms with Crippen molar-refractivity contribution < 1.29 is 26.4 Å². The zero-order chi connectivity index (χ0) is 35.8. The fourth-order valence-corrected chi connectivity index (χ4v) is 8.85. The standard InChI is InChI=1S/C39H44N4O6S2/c44-38(42-50(46,47)36-23-15-32(16-24-36)30-7-3-1-4-8-30)40-34-19-11-28(12-20-34)27-29-13-21-35(22-14-29)41-39(45)43-51(48,49)37-25-17-33(18-26-37)31-9-5-2-6-10-31/h11-26,30-31H,1-10,27H2,(H2,40,42,44)(H2,41,43,45). The van der Waals surface area contributed by atoms with Gasteiger partial charge in [0.15, 0.2) is 0 Å². The molecule has 2 saturated carbocycles. The first-order valence-electron chi connectivity index (χ1n) is 17.6. The van der Waals surface area contributed by atoms with Crippen LogP contribution in [-0.2, 0) is 26.5 Å². The van der Waals surface area contributed by atoms with Crippen LogP contribution in [-0.4, -0.2) is 28.9 Å². The molecule has 0 unspecified atom stereocenters. The summed E-state index contributed by atoms with van der Waals surface area (Å²) in [5, 5.41) is 5.14. The van der Waals surface area contributed by atoms with Crippen molar-refractivity contribution in [2.24, 2.45) is 0 Å². The van der Waals surface area contributed by atoms with Crippen LogP contribution in [0, 0.1) is 0 Å². The first-order chi connectivity index (χ1) is 24.5. The normalized spacial score (nSPS) is 15.8. The Labute approximate surface area is 300 Å². The van der Waals surface area contributed by atoms with Gasteiger partial charge in [0, 0.05) is 11.4 Å². The summed E-state index contributed by atoms with van der Waals surface area (Å²) in [7, 11) is -8.07. The van der Waals surface area contributed by atoms with E-state index in [1.165, 1.54) is 38.5 Å². The van der Waals surface area contributed by atoms with Gasteiger partial charge in [-0.25, -0.2) is 35.9 Å². The summed E-state index contributed by atoms with van der Waals surface area (Å²) in [6.07, 6.45) is 12.2. The molecule has 2 aliphatic rings. The Balaban J connectivity index is 0.962. The van der Waals surface area contributed by atoms with Crippen molar-refractivity contribution in [3.63, 3.8) is 0 Å². The Hall–Kier alpha value is -4.68. The van der Waals surface area contributed by atoms with Crippen LogP contribution in [0.25, 0.3) is 0 Å². The van der Waals surface area contributed by atoms with Gasteiger partial charge in [0.25, 0.3) is 20.0 Å². The van der Waals surface area contributed by atoms with Crippen molar-refractivity contribution in [1.29, 1.82) is 0 Å². The molecule has 268 valence electrons. The molecule has 0 spiro atoms. The summed E-state index contributed by atoms with van der Waals surface area (Å²) in [5.41, 5.74) is 5.00. The van der Waals surface area contributed by atoms with Crippen molar-refractivity contribution in [3.05, 3.63) is 119 Å². The molecule has 0 heterocycles. The van der Waals surface area contributed by atoms with E-state index in [2.05, 4.69) is 20.1 Å². The third kappa shape index (κ3) is 9.77. The minimum Gasteiger partial charge on any atom is -0.307 e. The fourth-order valence-electron chi connectivity index (χ4n) is 7.03. The van der Waals surface area contributed by atoms with E-state index < -0.39 is 32.1 Å². The Morgan fingerprint density at radius 2 is 0.804 bits per heavy atom. The molecule has 12 heteroatoms. The lowest BCUT2D eigenvalue weighted by Gasteiger charge is -2.22. The van der Waals surface area contributed by atoms with Crippen LogP contribution in [0.5, 0.6) is 0 Å². The van der Waals surface area contributed by atoms with Gasteiger partial charge < -0.3 is 10.6 Å². The molecule has 4 N–H and O–H groups in total. The number of rotatable bonds is 10. The number of nitrogens with one attached hydrogen (secondary N) is 4. The second-order valence-electron chi connectivity index (χ2n) is 13.5. The van der Waals surface area contributed by atoms with E-state index in [1.54, 1.807) is 48.5 Å². The third-order valence-corrected chi connectivity index (χ3v) is 12.5. The third-order valence-electron chi connectivity index (χ3n) is 9.82. The Bertz CT molecular complexity index is 1870. The number of urea groups is 2. The van der Waals surface area contributed by atoms with Gasteiger partial charge in [0.1, 0.15) is 0 Å². The van der Waals surface area contributed by atoms with Gasteiger partial charge in [-0.3, -0.25) is 0 Å². The molecule has 4 aromatic carbocycles. The van der Waals surface area contributed by atoms with Crippen LogP contribution >= 0.6 is 0 Å². The fraction of sp³-hybridized carbons (Fsp3) is 0.333. The number of carbonyl (C=O) groups is 2. The average molecular weight is 729 g/mol. The number of hydrogen-bond acceptors (Lipinski definition) is 6. The van der Waals surface area contributed by atoms with Crippen molar-refractivity contribution in [2.45, 2.75) is 92.3 Å². The number of amides is 4. The lowest BCUT2D eigenvalue weighted by atomic mass is 9.84. The first kappa shape index (κ1) is 36.1. The molecule has 0 bridgehead atoms. The molecule has 0 radical (unpaired) electrons.